The fourth-order valence-corrected chi connectivity index (χ4v) is 2.61. The van der Waals surface area contributed by atoms with E-state index in [1.807, 2.05) is 6.08 Å². The first-order valence-electron chi connectivity index (χ1n) is 7.10. The van der Waals surface area contributed by atoms with Crippen LogP contribution in [0.2, 0.25) is 0 Å². The molecular formula is C19H20LiNSe. The first-order valence-corrected chi connectivity index (χ1v) is 7.96. The molecule has 0 N–H and O–H groups in total. The van der Waals surface area contributed by atoms with Crippen LogP contribution in [0.25, 0.3) is 0 Å². The molecule has 2 aromatic rings. The maximum absolute atomic E-state index is 3.78. The Morgan fingerprint density at radius 3 is 1.77 bits per heavy atom. The minimum atomic E-state index is 0. The molecule has 0 heterocycles. The van der Waals surface area contributed by atoms with Crippen LogP contribution in [0.3, 0.4) is 0 Å². The van der Waals surface area contributed by atoms with E-state index in [0.29, 0.717) is 0 Å². The molecular weight excluding hydrogens is 328 g/mol. The van der Waals surface area contributed by atoms with Gasteiger partial charge in [0.1, 0.15) is 0 Å². The molecule has 0 aromatic heterocycles. The Morgan fingerprint density at radius 1 is 0.909 bits per heavy atom. The van der Waals surface area contributed by atoms with E-state index in [1.54, 1.807) is 0 Å². The van der Waals surface area contributed by atoms with Crippen LogP contribution >= 0.6 is 0 Å². The Labute approximate surface area is 154 Å². The zero-order valence-corrected chi connectivity index (χ0v) is 14.8. The summed E-state index contributed by atoms with van der Waals surface area (Å²) in [7, 11) is 0. The Bertz CT molecular complexity index is 539. The molecule has 0 spiro atoms. The summed E-state index contributed by atoms with van der Waals surface area (Å²) < 4.78 is 1.17. The van der Waals surface area contributed by atoms with E-state index in [-0.39, 0.29) is 18.9 Å². The molecule has 22 heavy (non-hydrogen) atoms. The van der Waals surface area contributed by atoms with Crippen molar-refractivity contribution < 1.29 is 18.9 Å². The van der Waals surface area contributed by atoms with Crippen molar-refractivity contribution in [2.75, 3.05) is 0 Å². The summed E-state index contributed by atoms with van der Waals surface area (Å²) in [6.07, 6.45) is 4.97. The molecule has 108 valence electrons. The quantitative estimate of drug-likeness (QED) is 0.538. The Kier molecular flexibility index (Phi) is 9.05. The van der Waals surface area contributed by atoms with Crippen LogP contribution in [0, 0.1) is 0 Å². The van der Waals surface area contributed by atoms with Gasteiger partial charge in [-0.1, -0.05) is 0 Å². The molecule has 2 aromatic carbocycles. The number of rotatable bonds is 7. The van der Waals surface area contributed by atoms with E-state index < -0.39 is 0 Å². The first-order chi connectivity index (χ1) is 10.3. The van der Waals surface area contributed by atoms with Gasteiger partial charge in [-0.15, -0.1) is 0 Å². The molecule has 0 radical (unpaired) electrons. The van der Waals surface area contributed by atoms with Gasteiger partial charge in [-0.2, -0.15) is 0 Å². The van der Waals surface area contributed by atoms with E-state index in [9.17, 15) is 0 Å². The molecule has 0 saturated carbocycles. The topological polar surface area (TPSA) is 3.24 Å². The summed E-state index contributed by atoms with van der Waals surface area (Å²) in [6.45, 7) is 5.57. The molecule has 0 aliphatic carbocycles. The van der Waals surface area contributed by atoms with Crippen LogP contribution < -0.4 is 18.9 Å². The second-order valence-corrected chi connectivity index (χ2v) is 5.77. The minimum Gasteiger partial charge on any atom is 1.00 e. The third kappa shape index (κ3) is 6.30. The number of benzene rings is 2. The van der Waals surface area contributed by atoms with Crippen molar-refractivity contribution in [1.29, 1.82) is 0 Å². The monoisotopic (exact) mass is 349 g/mol. The summed E-state index contributed by atoms with van der Waals surface area (Å²) >= 11 is 3.19. The van der Waals surface area contributed by atoms with Gasteiger partial charge < -0.3 is 0 Å². The van der Waals surface area contributed by atoms with Crippen LogP contribution in [0.5, 0.6) is 0 Å². The second-order valence-electron chi connectivity index (χ2n) is 4.89. The fraction of sp³-hybridized carbons (Fsp3) is 0.158. The average molecular weight is 348 g/mol. The van der Waals surface area contributed by atoms with Crippen LogP contribution in [-0.2, 0) is 13.1 Å². The number of hydrogen-bond acceptors (Lipinski definition) is 1. The zero-order valence-electron chi connectivity index (χ0n) is 13.1. The van der Waals surface area contributed by atoms with E-state index in [0.717, 1.165) is 19.5 Å². The zero-order chi connectivity index (χ0) is 14.9. The third-order valence-corrected chi connectivity index (χ3v) is 4.09. The van der Waals surface area contributed by atoms with Crippen molar-refractivity contribution >= 4 is 16.0 Å². The molecule has 2 rings (SSSR count). The van der Waals surface area contributed by atoms with Gasteiger partial charge in [-0.3, -0.25) is 0 Å². The predicted octanol–water partition coefficient (Wildman–Crippen LogP) is 1.28. The molecule has 0 bridgehead atoms. The van der Waals surface area contributed by atoms with Gasteiger partial charge >= 0.3 is 154 Å². The van der Waals surface area contributed by atoms with Gasteiger partial charge in [0, 0.05) is 0 Å². The maximum Gasteiger partial charge on any atom is 1.00 e. The third-order valence-electron chi connectivity index (χ3n) is 3.20. The molecule has 0 aliphatic heterocycles. The first kappa shape index (κ1) is 18.9. The predicted molar refractivity (Wildman–Crippen MR) is 90.8 cm³/mol. The molecule has 0 atom stereocenters. The SMILES string of the molecule is C=CC/C=C(\[Se-])N(Cc1ccccc1)Cc1ccccc1.[Li+]. The molecule has 0 fully saturated rings. The molecule has 1 nitrogen and oxygen atoms in total. The van der Waals surface area contributed by atoms with Crippen LogP contribution in [0.4, 0.5) is 0 Å². The van der Waals surface area contributed by atoms with Gasteiger partial charge in [-0.05, 0) is 0 Å². The van der Waals surface area contributed by atoms with Gasteiger partial charge in [0.15, 0.2) is 0 Å². The average Bonchev–Trinajstić information content (AvgIpc) is 2.54. The van der Waals surface area contributed by atoms with Crippen molar-refractivity contribution in [1.82, 2.24) is 4.90 Å². The summed E-state index contributed by atoms with van der Waals surface area (Å²) in [5.41, 5.74) is 2.63. The molecule has 3 heteroatoms. The second kappa shape index (κ2) is 10.5. The largest absolute Gasteiger partial charge is 1.00 e. The number of allylic oxidation sites excluding steroid dienone is 2. The standard InChI is InChI=1S/C19H21NSe.Li/c1-2-3-14-19(21)20(15-17-10-6-4-7-11-17)16-18-12-8-5-9-13-18;/h2,4-14,21H,1,3,15-16H2;/q;+1/p-1/b19-14-;. The molecule has 0 unspecified atom stereocenters. The van der Waals surface area contributed by atoms with Crippen molar-refractivity contribution in [3.8, 4) is 0 Å². The van der Waals surface area contributed by atoms with Gasteiger partial charge in [0.2, 0.25) is 0 Å². The number of nitrogens with zero attached hydrogens (tertiary/aromatic N) is 1. The number of hydrogen-bond donors (Lipinski definition) is 0. The van der Waals surface area contributed by atoms with Crippen molar-refractivity contribution in [3.05, 3.63) is 95.1 Å². The van der Waals surface area contributed by atoms with Crippen LogP contribution in [0.1, 0.15) is 17.5 Å². The van der Waals surface area contributed by atoms with Crippen LogP contribution in [-0.4, -0.2) is 20.9 Å². The summed E-state index contributed by atoms with van der Waals surface area (Å²) in [5.74, 6) is 0. The van der Waals surface area contributed by atoms with Crippen molar-refractivity contribution in [3.63, 3.8) is 0 Å². The minimum absolute atomic E-state index is 0. The molecule has 0 saturated heterocycles. The normalized spacial score (nSPS) is 10.6. The van der Waals surface area contributed by atoms with Gasteiger partial charge in [0.05, 0.1) is 0 Å². The van der Waals surface area contributed by atoms with E-state index >= 15 is 0 Å². The summed E-state index contributed by atoms with van der Waals surface area (Å²) in [4.78, 5) is 2.36. The smallest absolute Gasteiger partial charge is 1.00 e. The Hall–Kier alpha value is -1.16. The van der Waals surface area contributed by atoms with E-state index in [2.05, 4.69) is 94.2 Å². The molecule has 0 aliphatic rings. The van der Waals surface area contributed by atoms with Gasteiger partial charge in [-0.25, -0.2) is 0 Å². The maximum atomic E-state index is 3.78. The Morgan fingerprint density at radius 2 is 1.36 bits per heavy atom. The van der Waals surface area contributed by atoms with E-state index in [1.165, 1.54) is 15.7 Å². The van der Waals surface area contributed by atoms with E-state index in [4.69, 9.17) is 0 Å². The van der Waals surface area contributed by atoms with Crippen molar-refractivity contribution in [2.24, 2.45) is 0 Å². The fourth-order valence-electron chi connectivity index (χ4n) is 2.13. The van der Waals surface area contributed by atoms with Crippen LogP contribution in [0.15, 0.2) is 84.0 Å². The summed E-state index contributed by atoms with van der Waals surface area (Å²) in [6, 6.07) is 21.1. The van der Waals surface area contributed by atoms with Gasteiger partial charge in [0.25, 0.3) is 0 Å². The molecule has 0 amide bonds. The summed E-state index contributed by atoms with van der Waals surface area (Å²) in [5, 5.41) is 0. The van der Waals surface area contributed by atoms with Crippen molar-refractivity contribution in [2.45, 2.75) is 19.5 Å². The Balaban J connectivity index is 0.00000242.